The minimum absolute atomic E-state index is 0.0148. The molecule has 9 nitrogen and oxygen atoms in total. The maximum absolute atomic E-state index is 10.9. The highest BCUT2D eigenvalue weighted by atomic mass is 35.5. The first-order chi connectivity index (χ1) is 12.8. The Kier molecular flexibility index (Phi) is 4.24. The van der Waals surface area contributed by atoms with Gasteiger partial charge in [-0.3, -0.25) is 0 Å². The van der Waals surface area contributed by atoms with E-state index in [0.29, 0.717) is 17.1 Å². The third-order valence-corrected chi connectivity index (χ3v) is 5.65. The fourth-order valence-corrected chi connectivity index (χ4v) is 3.92. The van der Waals surface area contributed by atoms with Crippen molar-refractivity contribution in [1.82, 2.24) is 9.97 Å². The summed E-state index contributed by atoms with van der Waals surface area (Å²) in [6.07, 6.45) is -0.369. The van der Waals surface area contributed by atoms with Gasteiger partial charge < -0.3 is 26.4 Å². The lowest BCUT2D eigenvalue weighted by molar-refractivity contribution is -0.0851. The number of aromatic nitrogens is 2. The number of azo groups is 1. The quantitative estimate of drug-likeness (QED) is 0.295. The molecular formula is C16H16Cl2N6O3. The lowest BCUT2D eigenvalue weighted by Gasteiger charge is -2.32. The summed E-state index contributed by atoms with van der Waals surface area (Å²) in [5, 5.41) is 42.4. The average molecular weight is 411 g/mol. The molecule has 27 heavy (non-hydrogen) atoms. The zero-order chi connectivity index (χ0) is 19.4. The van der Waals surface area contributed by atoms with Crippen LogP contribution in [0.4, 0.5) is 23.1 Å². The van der Waals surface area contributed by atoms with Crippen LogP contribution in [0.5, 0.6) is 0 Å². The highest BCUT2D eigenvalue weighted by molar-refractivity contribution is 6.33. The zero-order valence-corrected chi connectivity index (χ0v) is 15.4. The number of hydrogen-bond acceptors (Lipinski definition) is 9. The molecule has 2 fully saturated rings. The van der Waals surface area contributed by atoms with Crippen LogP contribution in [0, 0.1) is 5.92 Å². The van der Waals surface area contributed by atoms with Crippen LogP contribution >= 0.6 is 23.2 Å². The van der Waals surface area contributed by atoms with Crippen molar-refractivity contribution < 1.29 is 15.3 Å². The van der Waals surface area contributed by atoms with Crippen molar-refractivity contribution in [2.24, 2.45) is 16.1 Å². The molecule has 2 aromatic rings. The van der Waals surface area contributed by atoms with Crippen LogP contribution in [0.3, 0.4) is 0 Å². The third-order valence-electron chi connectivity index (χ3n) is 5.06. The molecule has 1 aromatic carbocycles. The fourth-order valence-electron chi connectivity index (χ4n) is 3.53. The molecule has 0 amide bonds. The van der Waals surface area contributed by atoms with Gasteiger partial charge in [-0.25, -0.2) is 0 Å². The van der Waals surface area contributed by atoms with E-state index in [-0.39, 0.29) is 29.0 Å². The van der Waals surface area contributed by atoms with Crippen molar-refractivity contribution in [1.29, 1.82) is 0 Å². The van der Waals surface area contributed by atoms with Crippen LogP contribution in [0.1, 0.15) is 12.8 Å². The lowest BCUT2D eigenvalue weighted by Crippen LogP contribution is -2.51. The van der Waals surface area contributed by atoms with Gasteiger partial charge in [0, 0.05) is 5.92 Å². The molecule has 6 N–H and O–H groups in total. The van der Waals surface area contributed by atoms with Gasteiger partial charge in [-0.1, -0.05) is 35.3 Å². The molecule has 0 aliphatic heterocycles. The van der Waals surface area contributed by atoms with Crippen LogP contribution in [-0.2, 0) is 0 Å². The highest BCUT2D eigenvalue weighted by Gasteiger charge is 2.78. The molecule has 0 saturated heterocycles. The summed E-state index contributed by atoms with van der Waals surface area (Å²) in [7, 11) is 0. The summed E-state index contributed by atoms with van der Waals surface area (Å²) in [6.45, 7) is 0. The van der Waals surface area contributed by atoms with Gasteiger partial charge in [0.2, 0.25) is 5.95 Å². The monoisotopic (exact) mass is 410 g/mol. The SMILES string of the molecule is Nc1nc(Cl)c(N=Nc2ccccc2Cl)c(NC2(O)CCC3C(O)C32O)n1. The van der Waals surface area contributed by atoms with Gasteiger partial charge in [0.05, 0.1) is 11.1 Å². The Morgan fingerprint density at radius 1 is 1.19 bits per heavy atom. The number of fused-ring (bicyclic) bond motifs is 1. The molecule has 2 aliphatic carbocycles. The van der Waals surface area contributed by atoms with Crippen molar-refractivity contribution in [2.75, 3.05) is 11.1 Å². The van der Waals surface area contributed by atoms with Gasteiger partial charge in [-0.05, 0) is 25.0 Å². The van der Waals surface area contributed by atoms with E-state index in [4.69, 9.17) is 28.9 Å². The third kappa shape index (κ3) is 2.82. The minimum Gasteiger partial charge on any atom is -0.390 e. The van der Waals surface area contributed by atoms with E-state index < -0.39 is 23.3 Å². The number of nitrogens with two attached hydrogens (primary N) is 1. The van der Waals surface area contributed by atoms with Crippen molar-refractivity contribution in [2.45, 2.75) is 30.3 Å². The van der Waals surface area contributed by atoms with E-state index in [9.17, 15) is 15.3 Å². The Labute approximate surface area is 163 Å². The van der Waals surface area contributed by atoms with Crippen LogP contribution in [0.15, 0.2) is 34.5 Å². The molecule has 2 aliphatic rings. The molecule has 0 spiro atoms. The smallest absolute Gasteiger partial charge is 0.223 e. The minimum atomic E-state index is -1.81. The number of benzene rings is 1. The molecule has 4 unspecified atom stereocenters. The summed E-state index contributed by atoms with van der Waals surface area (Å²) >= 11 is 12.2. The second kappa shape index (κ2) is 6.25. The zero-order valence-electron chi connectivity index (χ0n) is 13.8. The molecule has 142 valence electrons. The topological polar surface area (TPSA) is 149 Å². The van der Waals surface area contributed by atoms with Crippen molar-refractivity contribution >= 4 is 46.3 Å². The second-order valence-corrected chi connectivity index (χ2v) is 7.39. The van der Waals surface area contributed by atoms with E-state index in [1.54, 1.807) is 24.3 Å². The van der Waals surface area contributed by atoms with Gasteiger partial charge in [-0.2, -0.15) is 9.97 Å². The summed E-state index contributed by atoms with van der Waals surface area (Å²) in [4.78, 5) is 7.86. The molecule has 4 rings (SSSR count). The normalized spacial score (nSPS) is 31.9. The van der Waals surface area contributed by atoms with E-state index in [2.05, 4.69) is 25.5 Å². The molecule has 1 aromatic heterocycles. The first-order valence-electron chi connectivity index (χ1n) is 8.16. The van der Waals surface area contributed by atoms with Gasteiger partial charge in [0.25, 0.3) is 0 Å². The molecule has 4 atom stereocenters. The van der Waals surface area contributed by atoms with E-state index in [0.717, 1.165) is 0 Å². The number of nitrogens with zero attached hydrogens (tertiary/aromatic N) is 4. The fraction of sp³-hybridized carbons (Fsp3) is 0.375. The molecule has 2 saturated carbocycles. The van der Waals surface area contributed by atoms with Crippen molar-refractivity contribution in [3.63, 3.8) is 0 Å². The standard InChI is InChI=1S/C16H16Cl2N6O3/c17-8-3-1-2-4-9(8)23-24-10-12(18)20-14(19)21-13(10)22-15(26)6-5-7-11(25)16(7,15)27/h1-4,7,11,25-27H,5-6H2,(H3,19,20,21,22). The number of nitrogen functional groups attached to an aromatic ring is 1. The van der Waals surface area contributed by atoms with Gasteiger partial charge >= 0.3 is 0 Å². The molecule has 1 heterocycles. The van der Waals surface area contributed by atoms with Crippen LogP contribution < -0.4 is 11.1 Å². The highest BCUT2D eigenvalue weighted by Crippen LogP contribution is 2.61. The first kappa shape index (κ1) is 18.3. The first-order valence-corrected chi connectivity index (χ1v) is 8.92. The summed E-state index contributed by atoms with van der Waals surface area (Å²) in [6, 6.07) is 6.80. The number of aliphatic hydroxyl groups excluding tert-OH is 1. The Morgan fingerprint density at radius 2 is 1.93 bits per heavy atom. The Bertz CT molecular complexity index is 944. The summed E-state index contributed by atoms with van der Waals surface area (Å²) in [5.74, 6) is -0.572. The van der Waals surface area contributed by atoms with Crippen LogP contribution in [0.2, 0.25) is 10.2 Å². The van der Waals surface area contributed by atoms with Crippen molar-refractivity contribution in [3.8, 4) is 0 Å². The molecular weight excluding hydrogens is 395 g/mol. The maximum Gasteiger partial charge on any atom is 0.223 e. The number of rotatable bonds is 4. The Balaban J connectivity index is 1.70. The summed E-state index contributed by atoms with van der Waals surface area (Å²) < 4.78 is 0. The maximum atomic E-state index is 10.9. The van der Waals surface area contributed by atoms with E-state index in [1.165, 1.54) is 0 Å². The van der Waals surface area contributed by atoms with Crippen LogP contribution in [0.25, 0.3) is 0 Å². The van der Waals surface area contributed by atoms with Gasteiger partial charge in [0.15, 0.2) is 22.4 Å². The lowest BCUT2D eigenvalue weighted by atomic mass is 10.0. The van der Waals surface area contributed by atoms with E-state index in [1.807, 2.05) is 0 Å². The van der Waals surface area contributed by atoms with Gasteiger partial charge in [-0.15, -0.1) is 10.2 Å². The predicted molar refractivity (Wildman–Crippen MR) is 99.3 cm³/mol. The Hall–Kier alpha value is -2.04. The van der Waals surface area contributed by atoms with Gasteiger partial charge in [0.1, 0.15) is 11.3 Å². The number of anilines is 2. The largest absolute Gasteiger partial charge is 0.390 e. The number of nitrogens with one attached hydrogen (secondary N) is 1. The second-order valence-electron chi connectivity index (χ2n) is 6.62. The molecule has 0 bridgehead atoms. The average Bonchev–Trinajstić information content (AvgIpc) is 3.03. The van der Waals surface area contributed by atoms with Crippen LogP contribution in [-0.4, -0.2) is 42.7 Å². The number of aliphatic hydroxyl groups is 3. The Morgan fingerprint density at radius 3 is 2.59 bits per heavy atom. The summed E-state index contributed by atoms with van der Waals surface area (Å²) in [5.41, 5.74) is 2.58. The van der Waals surface area contributed by atoms with E-state index >= 15 is 0 Å². The molecule has 11 heteroatoms. The number of halogens is 2. The predicted octanol–water partition coefficient (Wildman–Crippen LogP) is 2.40. The number of hydrogen-bond donors (Lipinski definition) is 5. The van der Waals surface area contributed by atoms with Crippen molar-refractivity contribution in [3.05, 3.63) is 34.4 Å². The molecule has 0 radical (unpaired) electrons.